The van der Waals surface area contributed by atoms with Crippen LogP contribution in [0.1, 0.15) is 17.2 Å². The Labute approximate surface area is 115 Å². The van der Waals surface area contributed by atoms with Crippen LogP contribution in [0.15, 0.2) is 47.3 Å². The highest BCUT2D eigenvalue weighted by Gasteiger charge is 2.10. The molecule has 5 nitrogen and oxygen atoms in total. The molecule has 0 spiro atoms. The van der Waals surface area contributed by atoms with Gasteiger partial charge in [-0.15, -0.1) is 0 Å². The van der Waals surface area contributed by atoms with Crippen molar-refractivity contribution in [1.82, 2.24) is 10.6 Å². The van der Waals surface area contributed by atoms with E-state index >= 15 is 0 Å². The number of hydrogen-bond acceptors (Lipinski definition) is 3. The molecule has 0 aliphatic heterocycles. The fraction of sp³-hybridized carbons (Fsp3) is 0.214. The molecule has 0 fully saturated rings. The largest absolute Gasteiger partial charge is 0.472 e. The minimum atomic E-state index is -0.953. The lowest BCUT2D eigenvalue weighted by atomic mass is 10.1. The minimum Gasteiger partial charge on any atom is -0.472 e. The summed E-state index contributed by atoms with van der Waals surface area (Å²) in [7, 11) is 0. The number of urea groups is 1. The first-order chi connectivity index (χ1) is 9.65. The normalized spacial score (nSPS) is 11.9. The molecule has 1 aromatic carbocycles. The van der Waals surface area contributed by atoms with Crippen molar-refractivity contribution < 1.29 is 18.7 Å². The summed E-state index contributed by atoms with van der Waals surface area (Å²) in [5, 5.41) is 14.9. The highest BCUT2D eigenvalue weighted by molar-refractivity contribution is 5.73. The SMILES string of the molecule is O=C(NCc1ccoc1)NC[C@H](O)c1cccc(F)c1. The van der Waals surface area contributed by atoms with E-state index in [2.05, 4.69) is 10.6 Å². The Morgan fingerprint density at radius 2 is 2.20 bits per heavy atom. The van der Waals surface area contributed by atoms with E-state index in [1.807, 2.05) is 0 Å². The molecule has 1 aromatic heterocycles. The van der Waals surface area contributed by atoms with Crippen molar-refractivity contribution in [2.45, 2.75) is 12.6 Å². The van der Waals surface area contributed by atoms with Crippen LogP contribution in [-0.2, 0) is 6.54 Å². The third-order valence-corrected chi connectivity index (χ3v) is 2.72. The zero-order chi connectivity index (χ0) is 14.4. The summed E-state index contributed by atoms with van der Waals surface area (Å²) in [6, 6.07) is 6.95. The first-order valence-electron chi connectivity index (χ1n) is 6.11. The van der Waals surface area contributed by atoms with E-state index in [4.69, 9.17) is 4.42 Å². The zero-order valence-electron chi connectivity index (χ0n) is 10.7. The first kappa shape index (κ1) is 14.1. The van der Waals surface area contributed by atoms with Crippen molar-refractivity contribution in [3.8, 4) is 0 Å². The van der Waals surface area contributed by atoms with E-state index < -0.39 is 18.0 Å². The van der Waals surface area contributed by atoms with Crippen molar-refractivity contribution in [2.75, 3.05) is 6.54 Å². The Kier molecular flexibility index (Phi) is 4.73. The van der Waals surface area contributed by atoms with Gasteiger partial charge in [-0.25, -0.2) is 9.18 Å². The van der Waals surface area contributed by atoms with Crippen molar-refractivity contribution >= 4 is 6.03 Å². The predicted octanol–water partition coefficient (Wildman–Crippen LogP) is 1.95. The van der Waals surface area contributed by atoms with Gasteiger partial charge in [0.05, 0.1) is 18.6 Å². The van der Waals surface area contributed by atoms with Crippen LogP contribution in [0.3, 0.4) is 0 Å². The van der Waals surface area contributed by atoms with Crippen LogP contribution in [0.4, 0.5) is 9.18 Å². The van der Waals surface area contributed by atoms with E-state index in [1.54, 1.807) is 12.1 Å². The minimum absolute atomic E-state index is 0.000668. The molecule has 0 radical (unpaired) electrons. The number of aliphatic hydroxyl groups excluding tert-OH is 1. The lowest BCUT2D eigenvalue weighted by Gasteiger charge is -2.12. The van der Waals surface area contributed by atoms with Crippen LogP contribution >= 0.6 is 0 Å². The van der Waals surface area contributed by atoms with Gasteiger partial charge in [0.2, 0.25) is 0 Å². The van der Waals surface area contributed by atoms with Gasteiger partial charge in [0.25, 0.3) is 0 Å². The second-order valence-corrected chi connectivity index (χ2v) is 4.27. The number of carbonyl (C=O) groups is 1. The fourth-order valence-corrected chi connectivity index (χ4v) is 1.66. The van der Waals surface area contributed by atoms with Gasteiger partial charge in [-0.2, -0.15) is 0 Å². The number of hydrogen-bond donors (Lipinski definition) is 3. The molecule has 3 N–H and O–H groups in total. The molecule has 6 heteroatoms. The van der Waals surface area contributed by atoms with Gasteiger partial charge >= 0.3 is 6.03 Å². The van der Waals surface area contributed by atoms with Gasteiger partial charge in [0.15, 0.2) is 0 Å². The molecule has 0 bridgehead atoms. The van der Waals surface area contributed by atoms with Crippen LogP contribution in [0, 0.1) is 5.82 Å². The number of halogens is 1. The monoisotopic (exact) mass is 278 g/mol. The Bertz CT molecular complexity index is 557. The number of carbonyl (C=O) groups excluding carboxylic acids is 1. The highest BCUT2D eigenvalue weighted by atomic mass is 19.1. The van der Waals surface area contributed by atoms with E-state index in [1.165, 1.54) is 30.7 Å². The van der Waals surface area contributed by atoms with Gasteiger partial charge in [0, 0.05) is 18.7 Å². The summed E-state index contributed by atoms with van der Waals surface area (Å²) >= 11 is 0. The maximum absolute atomic E-state index is 13.0. The summed E-state index contributed by atoms with van der Waals surface area (Å²) in [6.07, 6.45) is 2.09. The average molecular weight is 278 g/mol. The number of amides is 2. The number of nitrogens with one attached hydrogen (secondary N) is 2. The number of benzene rings is 1. The van der Waals surface area contributed by atoms with Crippen molar-refractivity contribution in [3.63, 3.8) is 0 Å². The molecule has 1 heterocycles. The lowest BCUT2D eigenvalue weighted by molar-refractivity contribution is 0.172. The molecule has 0 unspecified atom stereocenters. The third kappa shape index (κ3) is 4.10. The molecular formula is C14H15FN2O3. The second kappa shape index (κ2) is 6.72. The lowest BCUT2D eigenvalue weighted by Crippen LogP contribution is -2.37. The van der Waals surface area contributed by atoms with Crippen molar-refractivity contribution in [1.29, 1.82) is 0 Å². The molecule has 106 valence electrons. The van der Waals surface area contributed by atoms with E-state index in [0.717, 1.165) is 5.56 Å². The molecule has 0 aliphatic carbocycles. The number of furan rings is 1. The molecule has 0 saturated carbocycles. The van der Waals surface area contributed by atoms with Crippen LogP contribution < -0.4 is 10.6 Å². The van der Waals surface area contributed by atoms with Crippen LogP contribution in [0.5, 0.6) is 0 Å². The Hall–Kier alpha value is -2.34. The number of rotatable bonds is 5. The standard InChI is InChI=1S/C14H15FN2O3/c15-12-3-1-2-11(6-12)13(18)8-17-14(19)16-7-10-4-5-20-9-10/h1-6,9,13,18H,7-8H2,(H2,16,17,19)/t13-/m0/s1. The maximum atomic E-state index is 13.0. The summed E-state index contributed by atoms with van der Waals surface area (Å²) in [4.78, 5) is 11.5. The Balaban J connectivity index is 1.75. The Morgan fingerprint density at radius 1 is 1.35 bits per heavy atom. The van der Waals surface area contributed by atoms with E-state index in [9.17, 15) is 14.3 Å². The Morgan fingerprint density at radius 3 is 2.90 bits per heavy atom. The predicted molar refractivity (Wildman–Crippen MR) is 70.3 cm³/mol. The van der Waals surface area contributed by atoms with Gasteiger partial charge in [-0.05, 0) is 23.8 Å². The third-order valence-electron chi connectivity index (χ3n) is 2.72. The molecule has 2 amide bonds. The fourth-order valence-electron chi connectivity index (χ4n) is 1.66. The summed E-state index contributed by atoms with van der Waals surface area (Å²) < 4.78 is 17.9. The molecule has 20 heavy (non-hydrogen) atoms. The summed E-state index contributed by atoms with van der Waals surface area (Å²) in [5.74, 6) is -0.425. The highest BCUT2D eigenvalue weighted by Crippen LogP contribution is 2.12. The van der Waals surface area contributed by atoms with Crippen LogP contribution in [0.25, 0.3) is 0 Å². The van der Waals surface area contributed by atoms with Gasteiger partial charge in [-0.3, -0.25) is 0 Å². The summed E-state index contributed by atoms with van der Waals surface area (Å²) in [6.45, 7) is 0.332. The molecule has 2 rings (SSSR count). The van der Waals surface area contributed by atoms with E-state index in [-0.39, 0.29) is 6.54 Å². The van der Waals surface area contributed by atoms with Gasteiger partial charge in [-0.1, -0.05) is 12.1 Å². The summed E-state index contributed by atoms with van der Waals surface area (Å²) in [5.41, 5.74) is 1.26. The van der Waals surface area contributed by atoms with Gasteiger partial charge in [0.1, 0.15) is 5.82 Å². The molecule has 0 aliphatic rings. The number of aliphatic hydroxyl groups is 1. The van der Waals surface area contributed by atoms with E-state index in [0.29, 0.717) is 12.1 Å². The molecular weight excluding hydrogens is 263 g/mol. The van der Waals surface area contributed by atoms with Crippen LogP contribution in [-0.4, -0.2) is 17.7 Å². The van der Waals surface area contributed by atoms with Gasteiger partial charge < -0.3 is 20.2 Å². The maximum Gasteiger partial charge on any atom is 0.315 e. The smallest absolute Gasteiger partial charge is 0.315 e. The molecule has 1 atom stereocenters. The average Bonchev–Trinajstić information content (AvgIpc) is 2.95. The zero-order valence-corrected chi connectivity index (χ0v) is 10.7. The first-order valence-corrected chi connectivity index (χ1v) is 6.11. The molecule has 2 aromatic rings. The quantitative estimate of drug-likeness (QED) is 0.782. The van der Waals surface area contributed by atoms with Crippen molar-refractivity contribution in [2.24, 2.45) is 0 Å². The van der Waals surface area contributed by atoms with Crippen molar-refractivity contribution in [3.05, 3.63) is 59.8 Å². The topological polar surface area (TPSA) is 74.5 Å². The molecule has 0 saturated heterocycles. The van der Waals surface area contributed by atoms with Crippen LogP contribution in [0.2, 0.25) is 0 Å². The second-order valence-electron chi connectivity index (χ2n) is 4.27.